The van der Waals surface area contributed by atoms with Crippen molar-refractivity contribution >= 4 is 17.2 Å². The highest BCUT2D eigenvalue weighted by Gasteiger charge is 2.17. The van der Waals surface area contributed by atoms with Crippen LogP contribution < -0.4 is 5.32 Å². The monoisotopic (exact) mass is 253 g/mol. The Bertz CT molecular complexity index is 377. The molecule has 1 aliphatic rings. The number of nitrogens with one attached hydrogen (secondary N) is 1. The number of aryl methyl sites for hydroxylation is 2. The molecule has 1 aromatic heterocycles. The molecule has 0 saturated carbocycles. The first-order valence-electron chi connectivity index (χ1n) is 6.24. The van der Waals surface area contributed by atoms with E-state index in [4.69, 9.17) is 5.11 Å². The lowest BCUT2D eigenvalue weighted by molar-refractivity contribution is 0.0953. The predicted molar refractivity (Wildman–Crippen MR) is 69.6 cm³/mol. The number of carbonyl (C=O) groups excluding carboxylic acids is 1. The van der Waals surface area contributed by atoms with E-state index in [2.05, 4.69) is 5.32 Å². The van der Waals surface area contributed by atoms with Gasteiger partial charge in [0.2, 0.25) is 0 Å². The molecule has 2 rings (SSSR count). The molecule has 0 saturated heterocycles. The summed E-state index contributed by atoms with van der Waals surface area (Å²) >= 11 is 1.63. The quantitative estimate of drug-likeness (QED) is 0.790. The van der Waals surface area contributed by atoms with Crippen LogP contribution in [-0.2, 0) is 12.8 Å². The second-order valence-electron chi connectivity index (χ2n) is 4.66. The molecule has 0 spiro atoms. The van der Waals surface area contributed by atoms with Crippen LogP contribution in [0.15, 0.2) is 6.07 Å². The number of fused-ring (bicyclic) bond motifs is 1. The summed E-state index contributed by atoms with van der Waals surface area (Å²) in [4.78, 5) is 14.1. The first-order valence-corrected chi connectivity index (χ1v) is 7.06. The van der Waals surface area contributed by atoms with Crippen molar-refractivity contribution in [3.63, 3.8) is 0 Å². The van der Waals surface area contributed by atoms with Gasteiger partial charge in [0.05, 0.1) is 11.0 Å². The number of thiophene rings is 1. The minimum absolute atomic E-state index is 0.0370. The minimum Gasteiger partial charge on any atom is -0.393 e. The van der Waals surface area contributed by atoms with Crippen LogP contribution in [0.4, 0.5) is 0 Å². The van der Waals surface area contributed by atoms with Crippen LogP contribution in [0.25, 0.3) is 0 Å². The SMILES string of the molecule is CC(O)CCCNC(=O)c1cc2c(s1)CCC2. The fraction of sp³-hybridized carbons (Fsp3) is 0.615. The minimum atomic E-state index is -0.280. The molecule has 0 aliphatic heterocycles. The normalized spacial score (nSPS) is 15.6. The maximum absolute atomic E-state index is 11.8. The van der Waals surface area contributed by atoms with E-state index in [1.165, 1.54) is 16.9 Å². The molecular formula is C13H19NO2S. The predicted octanol–water partition coefficient (Wildman–Crippen LogP) is 2.13. The molecule has 3 nitrogen and oxygen atoms in total. The van der Waals surface area contributed by atoms with Crippen LogP contribution >= 0.6 is 11.3 Å². The number of aliphatic hydroxyl groups excluding tert-OH is 1. The summed E-state index contributed by atoms with van der Waals surface area (Å²) in [7, 11) is 0. The highest BCUT2D eigenvalue weighted by atomic mass is 32.1. The Morgan fingerprint density at radius 1 is 1.59 bits per heavy atom. The van der Waals surface area contributed by atoms with Gasteiger partial charge in [-0.1, -0.05) is 0 Å². The summed E-state index contributed by atoms with van der Waals surface area (Å²) in [6.07, 6.45) is 4.78. The molecule has 1 atom stereocenters. The van der Waals surface area contributed by atoms with Crippen molar-refractivity contribution < 1.29 is 9.90 Å². The molecule has 0 aromatic carbocycles. The Morgan fingerprint density at radius 3 is 3.12 bits per heavy atom. The molecule has 1 heterocycles. The second-order valence-corrected chi connectivity index (χ2v) is 5.80. The summed E-state index contributed by atoms with van der Waals surface area (Å²) in [5, 5.41) is 12.0. The van der Waals surface area contributed by atoms with Gasteiger partial charge < -0.3 is 10.4 Å². The molecule has 17 heavy (non-hydrogen) atoms. The molecule has 2 N–H and O–H groups in total. The number of hydrogen-bond acceptors (Lipinski definition) is 3. The fourth-order valence-corrected chi connectivity index (χ4v) is 3.30. The first-order chi connectivity index (χ1) is 8.16. The Balaban J connectivity index is 1.79. The standard InChI is InChI=1S/C13H19NO2S/c1-9(15)4-3-7-14-13(16)12-8-10-5-2-6-11(10)17-12/h8-9,15H,2-7H2,1H3,(H,14,16). The molecule has 1 unspecified atom stereocenters. The Labute approximate surface area is 106 Å². The highest BCUT2D eigenvalue weighted by molar-refractivity contribution is 7.14. The fourth-order valence-electron chi connectivity index (χ4n) is 2.13. The maximum atomic E-state index is 11.8. The van der Waals surface area contributed by atoms with Crippen LogP contribution in [0.2, 0.25) is 0 Å². The molecule has 1 amide bonds. The maximum Gasteiger partial charge on any atom is 0.261 e. The number of carbonyl (C=O) groups is 1. The van der Waals surface area contributed by atoms with Crippen LogP contribution in [-0.4, -0.2) is 23.7 Å². The lowest BCUT2D eigenvalue weighted by Gasteiger charge is -2.05. The van der Waals surface area contributed by atoms with Crippen molar-refractivity contribution in [2.24, 2.45) is 0 Å². The Morgan fingerprint density at radius 2 is 2.41 bits per heavy atom. The van der Waals surface area contributed by atoms with E-state index in [0.29, 0.717) is 6.54 Å². The molecule has 94 valence electrons. The topological polar surface area (TPSA) is 49.3 Å². The van der Waals surface area contributed by atoms with Gasteiger partial charge in [0.15, 0.2) is 0 Å². The molecule has 4 heteroatoms. The van der Waals surface area contributed by atoms with Gasteiger partial charge in [0, 0.05) is 11.4 Å². The zero-order chi connectivity index (χ0) is 12.3. The first kappa shape index (κ1) is 12.6. The zero-order valence-electron chi connectivity index (χ0n) is 10.2. The van der Waals surface area contributed by atoms with Crippen LogP contribution in [0, 0.1) is 0 Å². The molecule has 1 aliphatic carbocycles. The van der Waals surface area contributed by atoms with Gasteiger partial charge >= 0.3 is 0 Å². The van der Waals surface area contributed by atoms with Crippen LogP contribution in [0.5, 0.6) is 0 Å². The summed E-state index contributed by atoms with van der Waals surface area (Å²) in [5.74, 6) is 0.0370. The van der Waals surface area contributed by atoms with Crippen LogP contribution in [0.3, 0.4) is 0 Å². The van der Waals surface area contributed by atoms with Crippen LogP contribution in [0.1, 0.15) is 46.3 Å². The lowest BCUT2D eigenvalue weighted by Crippen LogP contribution is -2.24. The van der Waals surface area contributed by atoms with E-state index in [1.54, 1.807) is 18.3 Å². The summed E-state index contributed by atoms with van der Waals surface area (Å²) in [6, 6.07) is 2.04. The second kappa shape index (κ2) is 5.65. The van der Waals surface area contributed by atoms with Crippen molar-refractivity contribution in [1.29, 1.82) is 0 Å². The van der Waals surface area contributed by atoms with Crippen molar-refractivity contribution in [3.05, 3.63) is 21.4 Å². The van der Waals surface area contributed by atoms with Crippen molar-refractivity contribution in [2.75, 3.05) is 6.54 Å². The molecular weight excluding hydrogens is 234 g/mol. The smallest absolute Gasteiger partial charge is 0.261 e. The van der Waals surface area contributed by atoms with Gasteiger partial charge in [-0.15, -0.1) is 11.3 Å². The van der Waals surface area contributed by atoms with E-state index in [1.807, 2.05) is 6.07 Å². The molecule has 1 aromatic rings. The zero-order valence-corrected chi connectivity index (χ0v) is 11.0. The van der Waals surface area contributed by atoms with Gasteiger partial charge in [-0.05, 0) is 50.7 Å². The van der Waals surface area contributed by atoms with Crippen molar-refractivity contribution in [2.45, 2.75) is 45.1 Å². The molecule has 0 fully saturated rings. The van der Waals surface area contributed by atoms with Gasteiger partial charge in [0.1, 0.15) is 0 Å². The van der Waals surface area contributed by atoms with Crippen molar-refractivity contribution in [3.8, 4) is 0 Å². The van der Waals surface area contributed by atoms with E-state index < -0.39 is 0 Å². The number of rotatable bonds is 5. The summed E-state index contributed by atoms with van der Waals surface area (Å²) in [6.45, 7) is 2.41. The molecule has 0 bridgehead atoms. The number of amides is 1. The van der Waals surface area contributed by atoms with Gasteiger partial charge in [-0.25, -0.2) is 0 Å². The third-order valence-corrected chi connectivity index (χ3v) is 4.29. The Hall–Kier alpha value is -0.870. The van der Waals surface area contributed by atoms with E-state index in [-0.39, 0.29) is 12.0 Å². The number of hydrogen-bond donors (Lipinski definition) is 2. The largest absolute Gasteiger partial charge is 0.393 e. The Kier molecular flexibility index (Phi) is 4.18. The third-order valence-electron chi connectivity index (χ3n) is 3.05. The average molecular weight is 253 g/mol. The van der Waals surface area contributed by atoms with E-state index in [9.17, 15) is 4.79 Å². The van der Waals surface area contributed by atoms with E-state index in [0.717, 1.165) is 30.6 Å². The van der Waals surface area contributed by atoms with Crippen molar-refractivity contribution in [1.82, 2.24) is 5.32 Å². The number of aliphatic hydroxyl groups is 1. The van der Waals surface area contributed by atoms with Gasteiger partial charge in [-0.2, -0.15) is 0 Å². The summed E-state index contributed by atoms with van der Waals surface area (Å²) < 4.78 is 0. The average Bonchev–Trinajstić information content (AvgIpc) is 2.83. The van der Waals surface area contributed by atoms with Gasteiger partial charge in [0.25, 0.3) is 5.91 Å². The highest BCUT2D eigenvalue weighted by Crippen LogP contribution is 2.30. The van der Waals surface area contributed by atoms with E-state index >= 15 is 0 Å². The molecule has 0 radical (unpaired) electrons. The van der Waals surface area contributed by atoms with Gasteiger partial charge in [-0.3, -0.25) is 4.79 Å². The summed E-state index contributed by atoms with van der Waals surface area (Å²) in [5.41, 5.74) is 1.36. The lowest BCUT2D eigenvalue weighted by atomic mass is 10.2. The third kappa shape index (κ3) is 3.30.